The molecule has 3 unspecified atom stereocenters. The van der Waals surface area contributed by atoms with Crippen molar-refractivity contribution in [3.8, 4) is 6.07 Å². The van der Waals surface area contributed by atoms with Crippen molar-refractivity contribution in [2.75, 3.05) is 39.0 Å². The van der Waals surface area contributed by atoms with Gasteiger partial charge in [-0.3, -0.25) is 14.7 Å². The second kappa shape index (κ2) is 8.78. The molecule has 1 aliphatic carbocycles. The van der Waals surface area contributed by atoms with Crippen LogP contribution in [0.5, 0.6) is 0 Å². The van der Waals surface area contributed by atoms with E-state index < -0.39 is 21.4 Å². The van der Waals surface area contributed by atoms with Crippen LogP contribution >= 0.6 is 0 Å². The molecule has 2 saturated heterocycles. The van der Waals surface area contributed by atoms with E-state index in [0.717, 1.165) is 0 Å². The number of allylic oxidation sites excluding steroid dienone is 3. The summed E-state index contributed by atoms with van der Waals surface area (Å²) >= 11 is 0. The van der Waals surface area contributed by atoms with Gasteiger partial charge >= 0.3 is 0 Å². The van der Waals surface area contributed by atoms with Crippen molar-refractivity contribution in [3.63, 3.8) is 0 Å². The third kappa shape index (κ3) is 4.67. The van der Waals surface area contributed by atoms with E-state index >= 15 is 0 Å². The van der Waals surface area contributed by atoms with Crippen LogP contribution in [0.15, 0.2) is 40.8 Å². The Morgan fingerprint density at radius 2 is 1.94 bits per heavy atom. The van der Waals surface area contributed by atoms with E-state index in [1.165, 1.54) is 22.7 Å². The molecule has 4 aliphatic rings. The molecule has 0 aromatic carbocycles. The summed E-state index contributed by atoms with van der Waals surface area (Å²) in [5.41, 5.74) is 0.796. The summed E-state index contributed by atoms with van der Waals surface area (Å²) in [4.78, 5) is 22.1. The third-order valence-corrected chi connectivity index (χ3v) is 8.51. The number of piperazine rings is 1. The van der Waals surface area contributed by atoms with Gasteiger partial charge in [0.1, 0.15) is 5.83 Å². The van der Waals surface area contributed by atoms with Crippen LogP contribution in [0.4, 0.5) is 4.39 Å². The first-order valence-corrected chi connectivity index (χ1v) is 13.1. The summed E-state index contributed by atoms with van der Waals surface area (Å²) < 4.78 is 39.5. The minimum atomic E-state index is -3.33. The zero-order valence-electron chi connectivity index (χ0n) is 19.2. The number of carbonyl (C=O) groups excluding carboxylic acids is 1. The first kappa shape index (κ1) is 23.8. The predicted octanol–water partition coefficient (Wildman–Crippen LogP) is 1.85. The molecule has 0 spiro atoms. The van der Waals surface area contributed by atoms with E-state index in [9.17, 15) is 22.9 Å². The van der Waals surface area contributed by atoms with Gasteiger partial charge in [-0.05, 0) is 44.9 Å². The fourth-order valence-electron chi connectivity index (χ4n) is 5.09. The maximum Gasteiger partial charge on any atom is 0.253 e. The number of likely N-dealkylation sites (tertiary alicyclic amines) is 1. The van der Waals surface area contributed by atoms with Crippen LogP contribution in [0, 0.1) is 22.7 Å². The zero-order chi connectivity index (χ0) is 24.0. The Hall–Kier alpha value is -2.35. The molecule has 0 radical (unpaired) electrons. The number of nitrogens with zero attached hydrogens (tertiary/aromatic N) is 5. The van der Waals surface area contributed by atoms with E-state index in [0.29, 0.717) is 37.2 Å². The fraction of sp³-hybridized carbons (Fsp3) is 0.609. The number of fused-ring (bicyclic) bond motifs is 1. The van der Waals surface area contributed by atoms with Crippen molar-refractivity contribution in [1.29, 1.82) is 5.26 Å². The Labute approximate surface area is 194 Å². The molecule has 3 aliphatic heterocycles. The van der Waals surface area contributed by atoms with Gasteiger partial charge in [0.25, 0.3) is 5.91 Å². The number of carbonyl (C=O) groups is 1. The highest BCUT2D eigenvalue weighted by Crippen LogP contribution is 2.37. The number of sulfonamides is 1. The number of hydrogen-bond donors (Lipinski definition) is 0. The molecular weight excluding hydrogens is 445 g/mol. The molecule has 0 aromatic rings. The smallest absolute Gasteiger partial charge is 0.253 e. The minimum absolute atomic E-state index is 0.194. The van der Waals surface area contributed by atoms with Gasteiger partial charge < -0.3 is 4.90 Å². The molecule has 33 heavy (non-hydrogen) atoms. The van der Waals surface area contributed by atoms with Crippen LogP contribution in [0.2, 0.25) is 0 Å². The van der Waals surface area contributed by atoms with Crippen molar-refractivity contribution in [2.45, 2.75) is 38.8 Å². The van der Waals surface area contributed by atoms with Crippen molar-refractivity contribution in [3.05, 3.63) is 35.8 Å². The molecule has 4 rings (SSSR count). The van der Waals surface area contributed by atoms with Crippen molar-refractivity contribution < 1.29 is 17.6 Å². The molecule has 0 aromatic heterocycles. The van der Waals surface area contributed by atoms with Crippen LogP contribution in [0.25, 0.3) is 0 Å². The van der Waals surface area contributed by atoms with E-state index in [1.807, 2.05) is 13.8 Å². The van der Waals surface area contributed by atoms with Gasteiger partial charge in [0, 0.05) is 56.6 Å². The van der Waals surface area contributed by atoms with E-state index in [4.69, 9.17) is 0 Å². The van der Waals surface area contributed by atoms with E-state index in [-0.39, 0.29) is 43.5 Å². The van der Waals surface area contributed by atoms with Gasteiger partial charge in [0.05, 0.1) is 29.4 Å². The van der Waals surface area contributed by atoms with Crippen molar-refractivity contribution in [2.24, 2.45) is 16.3 Å². The highest BCUT2D eigenvalue weighted by molar-refractivity contribution is 7.88. The number of nitriles is 1. The molecular formula is C23H30FN5O3S. The predicted molar refractivity (Wildman–Crippen MR) is 123 cm³/mol. The molecule has 1 amide bonds. The number of hydrogen-bond acceptors (Lipinski definition) is 6. The van der Waals surface area contributed by atoms with Gasteiger partial charge in [0.15, 0.2) is 0 Å². The molecule has 0 saturated carbocycles. The lowest BCUT2D eigenvalue weighted by atomic mass is 9.78. The molecule has 3 atom stereocenters. The molecule has 3 heterocycles. The van der Waals surface area contributed by atoms with Crippen LogP contribution in [0.3, 0.4) is 0 Å². The van der Waals surface area contributed by atoms with Crippen LogP contribution in [-0.4, -0.2) is 85.2 Å². The van der Waals surface area contributed by atoms with Crippen molar-refractivity contribution in [1.82, 2.24) is 14.1 Å². The normalized spacial score (nSPS) is 30.6. The second-order valence-electron chi connectivity index (χ2n) is 9.67. The number of halogens is 1. The minimum Gasteiger partial charge on any atom is -0.333 e. The summed E-state index contributed by atoms with van der Waals surface area (Å²) in [6.07, 6.45) is 8.67. The summed E-state index contributed by atoms with van der Waals surface area (Å²) in [7, 11) is -3.33. The molecule has 2 fully saturated rings. The van der Waals surface area contributed by atoms with Crippen molar-refractivity contribution >= 4 is 21.6 Å². The molecule has 8 nitrogen and oxygen atoms in total. The molecule has 178 valence electrons. The Morgan fingerprint density at radius 3 is 2.55 bits per heavy atom. The highest BCUT2D eigenvalue weighted by atomic mass is 32.2. The average molecular weight is 476 g/mol. The van der Waals surface area contributed by atoms with Gasteiger partial charge in [-0.15, -0.1) is 0 Å². The standard InChI is InChI=1S/C23H30FN5O3S/c1-16-14-28(33(3,31)32)10-11-29(16)22(30)19-13-26-20-5-4-17(24)12-18(20)21(19)27-8-6-23(2,15-25)7-9-27/h4-5,12-13,16,18,21H,6-11,14H2,1-3H3. The Balaban J connectivity index is 1.62. The summed E-state index contributed by atoms with van der Waals surface area (Å²) in [6, 6.07) is 1.72. The van der Waals surface area contributed by atoms with Gasteiger partial charge in [0.2, 0.25) is 10.0 Å². The Kier molecular flexibility index (Phi) is 6.33. The Bertz CT molecular complexity index is 1100. The summed E-state index contributed by atoms with van der Waals surface area (Å²) in [6.45, 7) is 5.80. The number of aliphatic imine (C=N–C) groups is 1. The summed E-state index contributed by atoms with van der Waals surface area (Å²) in [5.74, 6) is -0.940. The monoisotopic (exact) mass is 475 g/mol. The second-order valence-corrected chi connectivity index (χ2v) is 11.7. The largest absolute Gasteiger partial charge is 0.333 e. The van der Waals surface area contributed by atoms with Gasteiger partial charge in [-0.1, -0.05) is 0 Å². The lowest BCUT2D eigenvalue weighted by Gasteiger charge is -2.45. The first-order chi connectivity index (χ1) is 15.5. The first-order valence-electron chi connectivity index (χ1n) is 11.3. The SMILES string of the molecule is CC1CN(S(C)(=O)=O)CCN1C(=O)C1=CN=C2C=CC(F)=CC2C1N1CCC(C)(C#N)CC1. The van der Waals surface area contributed by atoms with Crippen LogP contribution in [-0.2, 0) is 14.8 Å². The molecule has 0 N–H and O–H groups in total. The quantitative estimate of drug-likeness (QED) is 0.621. The topological polar surface area (TPSA) is 97.1 Å². The number of piperidine rings is 1. The van der Waals surface area contributed by atoms with E-state index in [1.54, 1.807) is 17.2 Å². The third-order valence-electron chi connectivity index (χ3n) is 7.24. The number of amides is 1. The van der Waals surface area contributed by atoms with E-state index in [2.05, 4.69) is 16.0 Å². The average Bonchev–Trinajstić information content (AvgIpc) is 2.78. The highest BCUT2D eigenvalue weighted by Gasteiger charge is 2.44. The lowest BCUT2D eigenvalue weighted by molar-refractivity contribution is -0.131. The Morgan fingerprint density at radius 1 is 1.24 bits per heavy atom. The van der Waals surface area contributed by atoms with Crippen LogP contribution in [0.1, 0.15) is 26.7 Å². The van der Waals surface area contributed by atoms with Gasteiger partial charge in [-0.2, -0.15) is 9.57 Å². The maximum absolute atomic E-state index is 14.3. The molecule has 0 bridgehead atoms. The fourth-order valence-corrected chi connectivity index (χ4v) is 5.99. The van der Waals surface area contributed by atoms with Crippen LogP contribution < -0.4 is 0 Å². The van der Waals surface area contributed by atoms with Gasteiger partial charge in [-0.25, -0.2) is 12.8 Å². The lowest BCUT2D eigenvalue weighted by Crippen LogP contribution is -2.58. The molecule has 10 heteroatoms. The zero-order valence-corrected chi connectivity index (χ0v) is 20.1. The number of rotatable bonds is 3. The maximum atomic E-state index is 14.3. The summed E-state index contributed by atoms with van der Waals surface area (Å²) in [5, 5.41) is 9.51.